The molecular weight excluding hydrogens is 1150 g/mol. The number of esters is 1. The smallest absolute Gasteiger partial charge is 0.490 e. The Morgan fingerprint density at radius 3 is 1.30 bits per heavy atom. The summed E-state index contributed by atoms with van der Waals surface area (Å²) < 4.78 is 291. The van der Waals surface area contributed by atoms with Gasteiger partial charge in [0.15, 0.2) is 34.6 Å². The number of rotatable bonds is 13. The fourth-order valence-electron chi connectivity index (χ4n) is 6.06. The Bertz CT molecular complexity index is 3460. The zero-order chi connectivity index (χ0) is 62.7. The number of methoxy groups -OCH3 is 3. The molecule has 0 saturated heterocycles. The summed E-state index contributed by atoms with van der Waals surface area (Å²) in [4.78, 5) is 45.6. The Labute approximate surface area is 437 Å². The lowest BCUT2D eigenvalue weighted by Crippen LogP contribution is -2.20. The van der Waals surface area contributed by atoms with Crippen molar-refractivity contribution in [1.29, 1.82) is 0 Å². The highest BCUT2D eigenvalue weighted by atomic mass is 79.9. The highest BCUT2D eigenvalue weighted by Gasteiger charge is 2.40. The summed E-state index contributed by atoms with van der Waals surface area (Å²) in [6, 6.07) is 5.02. The molecule has 4 aromatic carbocycles. The van der Waals surface area contributed by atoms with Gasteiger partial charge in [0.2, 0.25) is 23.1 Å². The van der Waals surface area contributed by atoms with E-state index in [1.807, 2.05) is 0 Å². The van der Waals surface area contributed by atoms with Gasteiger partial charge in [0.1, 0.15) is 32.9 Å². The Balaban J connectivity index is 0.000000305. The number of pyridine rings is 2. The minimum absolute atomic E-state index is 0.0132. The number of benzene rings is 4. The van der Waals surface area contributed by atoms with Crippen molar-refractivity contribution in [2.45, 2.75) is 38.9 Å². The lowest BCUT2D eigenvalue weighted by molar-refractivity contribution is -0.276. The molecule has 2 aromatic heterocycles. The second kappa shape index (κ2) is 23.3. The third-order valence-corrected chi connectivity index (χ3v) is 9.92. The number of anilines is 2. The van der Waals surface area contributed by atoms with Gasteiger partial charge in [0.05, 0.1) is 40.5 Å². The summed E-state index contributed by atoms with van der Waals surface area (Å²) in [6.45, 7) is 2.82. The Morgan fingerprint density at radius 2 is 0.922 bits per heavy atom. The standard InChI is InChI=1S/C24H16F8N2O6.C22H13BrF8N2O4/c1-10-9-33-13(22(36)38-3)8-12(10)34-21(35)17-14(5-4-11(18(17)25)23(27,28)29)39-16-7-6-15(40-24(30,31)32)19(26)20(16)37-2;1-9-8-32-15(23)7-11(9)33-20(34)16-12(4-3-10(17(16)24)21(26,27)28)36-14-6-5-13(37-22(29,30)31)18(25)19(14)35-2/h4-9H,1-3H3,(H,33,34,35);3-8H,1-2H3,(H,32,33,34)/i2*2D3. The average Bonchev–Trinajstić information content (AvgIpc) is 3.41. The largest absolute Gasteiger partial charge is 0.573 e. The highest BCUT2D eigenvalue weighted by Crippen LogP contribution is 2.45. The fraction of sp³-hybridized carbons (Fsp3) is 0.196. The lowest BCUT2D eigenvalue weighted by atomic mass is 10.1. The van der Waals surface area contributed by atoms with Gasteiger partial charge in [-0.3, -0.25) is 9.59 Å². The minimum atomic E-state index is -5.44. The van der Waals surface area contributed by atoms with E-state index < -0.39 is 148 Å². The number of carbonyl (C=O) groups is 3. The Kier molecular flexibility index (Phi) is 15.4. The van der Waals surface area contributed by atoms with E-state index in [1.54, 1.807) is 0 Å². The van der Waals surface area contributed by atoms with E-state index in [9.17, 15) is 75.8 Å². The first-order valence-corrected chi connectivity index (χ1v) is 20.8. The zero-order valence-electron chi connectivity index (χ0n) is 43.8. The molecule has 0 aliphatic carbocycles. The molecule has 0 aliphatic heterocycles. The molecule has 412 valence electrons. The molecule has 14 nitrogen and oxygen atoms in total. The summed E-state index contributed by atoms with van der Waals surface area (Å²) in [7, 11) is -5.98. The number of halogens is 17. The van der Waals surface area contributed by atoms with Crippen LogP contribution in [-0.2, 0) is 17.1 Å². The topological polar surface area (TPSA) is 166 Å². The molecule has 0 fully saturated rings. The minimum Gasteiger partial charge on any atom is -0.490 e. The normalized spacial score (nSPS) is 13.1. The number of aryl methyl sites for hydroxylation is 2. The molecule has 31 heteroatoms. The predicted octanol–water partition coefficient (Wildman–Crippen LogP) is 13.8. The number of hydrogen-bond acceptors (Lipinski definition) is 12. The number of nitrogens with zero attached hydrogens (tertiary/aromatic N) is 2. The van der Waals surface area contributed by atoms with E-state index in [2.05, 4.69) is 60.2 Å². The van der Waals surface area contributed by atoms with Crippen LogP contribution in [0.3, 0.4) is 0 Å². The monoisotopic (exact) mass is 1190 g/mol. The van der Waals surface area contributed by atoms with Crippen LogP contribution in [0.15, 0.2) is 77.7 Å². The van der Waals surface area contributed by atoms with Crippen LogP contribution in [0.25, 0.3) is 0 Å². The van der Waals surface area contributed by atoms with Crippen LogP contribution in [0.1, 0.15) is 61.7 Å². The van der Waals surface area contributed by atoms with E-state index >= 15 is 8.78 Å². The van der Waals surface area contributed by atoms with Gasteiger partial charge >= 0.3 is 31.0 Å². The molecule has 6 rings (SSSR count). The third kappa shape index (κ3) is 14.6. The molecular formula is C46H29BrF16N4O10. The third-order valence-electron chi connectivity index (χ3n) is 9.48. The molecule has 0 spiro atoms. The van der Waals surface area contributed by atoms with E-state index in [4.69, 9.17) is 17.7 Å². The van der Waals surface area contributed by atoms with Crippen molar-refractivity contribution in [1.82, 2.24) is 9.97 Å². The van der Waals surface area contributed by atoms with Crippen LogP contribution in [0.2, 0.25) is 0 Å². The summed E-state index contributed by atoms with van der Waals surface area (Å²) in [5.74, 6) is -22.9. The molecule has 2 N–H and O–H groups in total. The molecule has 0 atom stereocenters. The van der Waals surface area contributed by atoms with E-state index in [0.29, 0.717) is 42.0 Å². The van der Waals surface area contributed by atoms with Crippen molar-refractivity contribution in [2.75, 3.05) is 31.8 Å². The van der Waals surface area contributed by atoms with E-state index in [1.165, 1.54) is 26.1 Å². The first-order valence-electron chi connectivity index (χ1n) is 23.0. The average molecular weight is 1190 g/mol. The SMILES string of the molecule is [2H]C([2H])([2H])Oc1c(Oc2ccc(C(F)(F)F)c(F)c2C(=O)Nc2cc(Br)ncc2C)ccc(OC(F)(F)F)c1F.[2H]C([2H])([2H])Oc1c(Oc2ccc(C(F)(F)F)c(F)c2C(=O)Nc2cc(C(=O)OC)ncc2C)ccc(OC(F)(F)F)c1F. The van der Waals surface area contributed by atoms with Gasteiger partial charge in [-0.25, -0.2) is 23.5 Å². The molecule has 77 heavy (non-hydrogen) atoms. The van der Waals surface area contributed by atoms with Gasteiger partial charge in [0, 0.05) is 23.8 Å². The number of amides is 2. The molecule has 6 aromatic rings. The molecule has 0 bridgehead atoms. The number of aromatic nitrogens is 2. The zero-order valence-corrected chi connectivity index (χ0v) is 39.4. The fourth-order valence-corrected chi connectivity index (χ4v) is 6.39. The summed E-state index contributed by atoms with van der Waals surface area (Å²) in [5, 5.41) is 4.25. The van der Waals surface area contributed by atoms with Crippen molar-refractivity contribution in [3.05, 3.63) is 140 Å². The van der Waals surface area contributed by atoms with Crippen LogP contribution in [-0.4, -0.2) is 61.7 Å². The van der Waals surface area contributed by atoms with E-state index in [0.717, 1.165) is 19.4 Å². The van der Waals surface area contributed by atoms with Gasteiger partial charge < -0.3 is 43.8 Å². The van der Waals surface area contributed by atoms with Gasteiger partial charge in [-0.2, -0.15) is 35.1 Å². The van der Waals surface area contributed by atoms with Crippen LogP contribution >= 0.6 is 15.9 Å². The van der Waals surface area contributed by atoms with Crippen LogP contribution in [0, 0.1) is 37.1 Å². The van der Waals surface area contributed by atoms with E-state index in [-0.39, 0.29) is 39.4 Å². The summed E-state index contributed by atoms with van der Waals surface area (Å²) in [5.41, 5.74) is -6.82. The maximum atomic E-state index is 15.3. The molecule has 0 unspecified atom stereocenters. The number of hydrogen-bond donors (Lipinski definition) is 2. The van der Waals surface area contributed by atoms with Crippen molar-refractivity contribution in [3.63, 3.8) is 0 Å². The quantitative estimate of drug-likeness (QED) is 0.0639. The number of nitrogens with one attached hydrogen (secondary N) is 2. The Morgan fingerprint density at radius 1 is 0.545 bits per heavy atom. The molecule has 2 amide bonds. The van der Waals surface area contributed by atoms with Crippen molar-refractivity contribution in [2.24, 2.45) is 0 Å². The molecule has 2 heterocycles. The van der Waals surface area contributed by atoms with Crippen LogP contribution < -0.4 is 39.1 Å². The van der Waals surface area contributed by atoms with Crippen molar-refractivity contribution >= 4 is 45.1 Å². The summed E-state index contributed by atoms with van der Waals surface area (Å²) >= 11 is 3.03. The summed E-state index contributed by atoms with van der Waals surface area (Å²) in [6.07, 6.45) is -19.1. The maximum absolute atomic E-state index is 15.3. The maximum Gasteiger partial charge on any atom is 0.573 e. The number of ether oxygens (including phenoxy) is 7. The van der Waals surface area contributed by atoms with Gasteiger partial charge in [-0.05, 0) is 102 Å². The second-order valence-electron chi connectivity index (χ2n) is 14.6. The predicted molar refractivity (Wildman–Crippen MR) is 235 cm³/mol. The first-order chi connectivity index (χ1) is 38.0. The number of alkyl halides is 12. The van der Waals surface area contributed by atoms with Gasteiger partial charge in [-0.1, -0.05) is 0 Å². The lowest BCUT2D eigenvalue weighted by Gasteiger charge is -2.18. The van der Waals surface area contributed by atoms with Crippen LogP contribution in [0.4, 0.5) is 81.6 Å². The van der Waals surface area contributed by atoms with Crippen molar-refractivity contribution in [3.8, 4) is 46.0 Å². The van der Waals surface area contributed by atoms with Crippen molar-refractivity contribution < 1.29 is 126 Å². The van der Waals surface area contributed by atoms with Gasteiger partial charge in [-0.15, -0.1) is 26.3 Å². The molecule has 0 radical (unpaired) electrons. The first kappa shape index (κ1) is 50.9. The number of carbonyl (C=O) groups excluding carboxylic acids is 3. The second-order valence-corrected chi connectivity index (χ2v) is 15.4. The highest BCUT2D eigenvalue weighted by molar-refractivity contribution is 9.10. The molecule has 0 saturated carbocycles. The molecule has 0 aliphatic rings. The van der Waals surface area contributed by atoms with Gasteiger partial charge in [0.25, 0.3) is 11.8 Å². The van der Waals surface area contributed by atoms with Crippen LogP contribution in [0.5, 0.6) is 46.0 Å². The Hall–Kier alpha value is -8.25.